The molecule has 1 saturated heterocycles. The molecule has 2 aliphatic rings. The van der Waals surface area contributed by atoms with Crippen molar-refractivity contribution in [2.45, 2.75) is 64.3 Å². The molecule has 5 atom stereocenters. The predicted molar refractivity (Wildman–Crippen MR) is 68.2 cm³/mol. The van der Waals surface area contributed by atoms with Crippen LogP contribution in [0.15, 0.2) is 0 Å². The third-order valence-electron chi connectivity index (χ3n) is 4.55. The molecule has 1 aromatic rings. The summed E-state index contributed by atoms with van der Waals surface area (Å²) in [4.78, 5) is 0. The Hall–Kier alpha value is -0.940. The standard InChI is InChI=1S/C13H22N4O/c1-7-8(2)18-9(3)12(7)13-16-15-11-5-4-10(14)6-17(11)13/h7-10,12H,4-6,14H2,1-3H3. The van der Waals surface area contributed by atoms with Gasteiger partial charge in [0.1, 0.15) is 11.6 Å². The Bertz CT molecular complexity index is 444. The fourth-order valence-corrected chi connectivity index (χ4v) is 3.33. The molecular formula is C13H22N4O. The molecule has 0 radical (unpaired) electrons. The Morgan fingerprint density at radius 3 is 2.67 bits per heavy atom. The van der Waals surface area contributed by atoms with E-state index in [0.717, 1.165) is 31.0 Å². The van der Waals surface area contributed by atoms with Gasteiger partial charge in [0.05, 0.1) is 18.1 Å². The topological polar surface area (TPSA) is 66.0 Å². The lowest BCUT2D eigenvalue weighted by atomic mass is 9.88. The van der Waals surface area contributed by atoms with Crippen LogP contribution >= 0.6 is 0 Å². The molecule has 0 amide bonds. The van der Waals surface area contributed by atoms with Crippen LogP contribution in [0, 0.1) is 5.92 Å². The number of rotatable bonds is 1. The molecule has 0 bridgehead atoms. The van der Waals surface area contributed by atoms with Crippen molar-refractivity contribution in [1.29, 1.82) is 0 Å². The molecule has 2 aliphatic heterocycles. The van der Waals surface area contributed by atoms with Gasteiger partial charge in [-0.05, 0) is 26.2 Å². The fraction of sp³-hybridized carbons (Fsp3) is 0.846. The van der Waals surface area contributed by atoms with Crippen molar-refractivity contribution in [3.8, 4) is 0 Å². The molecule has 1 aromatic heterocycles. The predicted octanol–water partition coefficient (Wildman–Crippen LogP) is 1.08. The SMILES string of the molecule is CC1OC(C)C(c2nnc3n2CC(N)CC3)C1C. The Labute approximate surface area is 108 Å². The Morgan fingerprint density at radius 1 is 1.22 bits per heavy atom. The van der Waals surface area contributed by atoms with Crippen LogP contribution in [-0.4, -0.2) is 33.0 Å². The second kappa shape index (κ2) is 4.31. The average molecular weight is 250 g/mol. The number of hydrogen-bond acceptors (Lipinski definition) is 4. The summed E-state index contributed by atoms with van der Waals surface area (Å²) in [5.74, 6) is 2.98. The summed E-state index contributed by atoms with van der Waals surface area (Å²) in [5.41, 5.74) is 6.07. The molecule has 1 fully saturated rings. The minimum Gasteiger partial charge on any atom is -0.374 e. The smallest absolute Gasteiger partial charge is 0.139 e. The second-order valence-electron chi connectivity index (χ2n) is 5.82. The van der Waals surface area contributed by atoms with Gasteiger partial charge in [0, 0.05) is 19.0 Å². The molecule has 5 nitrogen and oxygen atoms in total. The van der Waals surface area contributed by atoms with Gasteiger partial charge in [-0.1, -0.05) is 6.92 Å². The maximum atomic E-state index is 6.07. The first-order valence-corrected chi connectivity index (χ1v) is 6.91. The van der Waals surface area contributed by atoms with Crippen LogP contribution in [0.4, 0.5) is 0 Å². The highest BCUT2D eigenvalue weighted by Gasteiger charge is 2.41. The largest absolute Gasteiger partial charge is 0.374 e. The first kappa shape index (κ1) is 12.1. The van der Waals surface area contributed by atoms with Crippen LogP contribution in [0.3, 0.4) is 0 Å². The maximum absolute atomic E-state index is 6.07. The summed E-state index contributed by atoms with van der Waals surface area (Å²) < 4.78 is 8.14. The van der Waals surface area contributed by atoms with Gasteiger partial charge < -0.3 is 15.0 Å². The molecule has 0 aromatic carbocycles. The highest BCUT2D eigenvalue weighted by Crippen LogP contribution is 2.39. The van der Waals surface area contributed by atoms with Crippen molar-refractivity contribution in [2.24, 2.45) is 11.7 Å². The molecule has 5 heteroatoms. The molecular weight excluding hydrogens is 228 g/mol. The zero-order valence-corrected chi connectivity index (χ0v) is 11.3. The molecule has 0 saturated carbocycles. The Balaban J connectivity index is 1.95. The first-order chi connectivity index (χ1) is 8.58. The number of hydrogen-bond donors (Lipinski definition) is 1. The van der Waals surface area contributed by atoms with E-state index in [1.54, 1.807) is 0 Å². The van der Waals surface area contributed by atoms with Crippen LogP contribution < -0.4 is 5.73 Å². The molecule has 5 unspecified atom stereocenters. The third kappa shape index (κ3) is 1.77. The quantitative estimate of drug-likeness (QED) is 0.810. The number of fused-ring (bicyclic) bond motifs is 1. The zero-order valence-electron chi connectivity index (χ0n) is 11.3. The number of ether oxygens (including phenoxy) is 1. The van der Waals surface area contributed by atoms with Crippen molar-refractivity contribution in [3.63, 3.8) is 0 Å². The van der Waals surface area contributed by atoms with Crippen molar-refractivity contribution in [2.75, 3.05) is 0 Å². The van der Waals surface area contributed by atoms with E-state index in [1.165, 1.54) is 0 Å². The molecule has 100 valence electrons. The van der Waals surface area contributed by atoms with E-state index in [2.05, 4.69) is 35.5 Å². The van der Waals surface area contributed by atoms with Gasteiger partial charge in [-0.3, -0.25) is 0 Å². The lowest BCUT2D eigenvalue weighted by Gasteiger charge is -2.24. The van der Waals surface area contributed by atoms with E-state index < -0.39 is 0 Å². The number of aryl methyl sites for hydroxylation is 1. The lowest BCUT2D eigenvalue weighted by molar-refractivity contribution is 0.0551. The highest BCUT2D eigenvalue weighted by molar-refractivity contribution is 5.11. The molecule has 0 aliphatic carbocycles. The van der Waals surface area contributed by atoms with Gasteiger partial charge in [-0.25, -0.2) is 0 Å². The summed E-state index contributed by atoms with van der Waals surface area (Å²) in [6.45, 7) is 7.36. The van der Waals surface area contributed by atoms with Crippen molar-refractivity contribution in [3.05, 3.63) is 11.6 Å². The van der Waals surface area contributed by atoms with Gasteiger partial charge >= 0.3 is 0 Å². The summed E-state index contributed by atoms with van der Waals surface area (Å²) in [7, 11) is 0. The summed E-state index contributed by atoms with van der Waals surface area (Å²) in [6.07, 6.45) is 2.46. The summed E-state index contributed by atoms with van der Waals surface area (Å²) in [5, 5.41) is 8.76. The van der Waals surface area contributed by atoms with E-state index in [0.29, 0.717) is 11.8 Å². The van der Waals surface area contributed by atoms with E-state index in [4.69, 9.17) is 10.5 Å². The average Bonchev–Trinajstić information content (AvgIpc) is 2.82. The molecule has 3 heterocycles. The Morgan fingerprint density at radius 2 is 2.00 bits per heavy atom. The van der Waals surface area contributed by atoms with Crippen molar-refractivity contribution < 1.29 is 4.74 Å². The lowest BCUT2D eigenvalue weighted by Crippen LogP contribution is -2.34. The van der Waals surface area contributed by atoms with E-state index >= 15 is 0 Å². The first-order valence-electron chi connectivity index (χ1n) is 6.91. The van der Waals surface area contributed by atoms with E-state index in [1.807, 2.05) is 0 Å². The van der Waals surface area contributed by atoms with Crippen LogP contribution in [-0.2, 0) is 17.7 Å². The van der Waals surface area contributed by atoms with Crippen molar-refractivity contribution in [1.82, 2.24) is 14.8 Å². The monoisotopic (exact) mass is 250 g/mol. The summed E-state index contributed by atoms with van der Waals surface area (Å²) >= 11 is 0. The Kier molecular flexibility index (Phi) is 2.90. The van der Waals surface area contributed by atoms with Gasteiger partial charge in [0.25, 0.3) is 0 Å². The zero-order chi connectivity index (χ0) is 12.9. The van der Waals surface area contributed by atoms with Crippen LogP contribution in [0.25, 0.3) is 0 Å². The molecule has 2 N–H and O–H groups in total. The highest BCUT2D eigenvalue weighted by atomic mass is 16.5. The van der Waals surface area contributed by atoms with Crippen LogP contribution in [0.5, 0.6) is 0 Å². The van der Waals surface area contributed by atoms with Crippen molar-refractivity contribution >= 4 is 0 Å². The minimum absolute atomic E-state index is 0.210. The molecule has 18 heavy (non-hydrogen) atoms. The fourth-order valence-electron chi connectivity index (χ4n) is 3.33. The summed E-state index contributed by atoms with van der Waals surface area (Å²) in [6, 6.07) is 0.234. The minimum atomic E-state index is 0.210. The van der Waals surface area contributed by atoms with Crippen LogP contribution in [0.2, 0.25) is 0 Å². The van der Waals surface area contributed by atoms with Crippen LogP contribution in [0.1, 0.15) is 44.8 Å². The van der Waals surface area contributed by atoms with E-state index in [-0.39, 0.29) is 18.2 Å². The van der Waals surface area contributed by atoms with E-state index in [9.17, 15) is 0 Å². The van der Waals surface area contributed by atoms with Gasteiger partial charge in [-0.2, -0.15) is 0 Å². The maximum Gasteiger partial charge on any atom is 0.139 e. The number of nitrogens with two attached hydrogens (primary N) is 1. The number of nitrogens with zero attached hydrogens (tertiary/aromatic N) is 3. The molecule has 3 rings (SSSR count). The van der Waals surface area contributed by atoms with Gasteiger partial charge in [-0.15, -0.1) is 10.2 Å². The third-order valence-corrected chi connectivity index (χ3v) is 4.55. The normalized spacial score (nSPS) is 39.9. The number of aromatic nitrogens is 3. The van der Waals surface area contributed by atoms with Gasteiger partial charge in [0.2, 0.25) is 0 Å². The molecule has 0 spiro atoms. The second-order valence-corrected chi connectivity index (χ2v) is 5.82. The van der Waals surface area contributed by atoms with Gasteiger partial charge in [0.15, 0.2) is 0 Å².